The molecule has 1 aliphatic rings. The van der Waals surface area contributed by atoms with Crippen LogP contribution < -0.4 is 14.4 Å². The number of hydrogen-bond donors (Lipinski definition) is 2. The molecule has 2 N–H and O–H groups in total. The summed E-state index contributed by atoms with van der Waals surface area (Å²) in [6.07, 6.45) is 1.24. The molecule has 0 spiro atoms. The maximum absolute atomic E-state index is 13.0. The summed E-state index contributed by atoms with van der Waals surface area (Å²) in [5, 5.41) is 11.1. The van der Waals surface area contributed by atoms with E-state index in [9.17, 15) is 27.6 Å². The zero-order valence-corrected chi connectivity index (χ0v) is 19.5. The molecule has 3 aromatic carbocycles. The SMILES string of the molecule is Cc1ccc(S(=O)(=O)Oc2ccc(/C=C3\C(=O)NC(=O)N(c4ccc(C(=O)O)cc4)C3=O)cc2)cc1. The minimum absolute atomic E-state index is 0.00934. The number of hydrogen-bond acceptors (Lipinski definition) is 7. The van der Waals surface area contributed by atoms with Gasteiger partial charge in [0.25, 0.3) is 11.8 Å². The van der Waals surface area contributed by atoms with E-state index in [2.05, 4.69) is 5.32 Å². The Labute approximate surface area is 205 Å². The van der Waals surface area contributed by atoms with Crippen LogP contribution in [-0.2, 0) is 19.7 Å². The minimum Gasteiger partial charge on any atom is -0.478 e. The second-order valence-electron chi connectivity index (χ2n) is 7.73. The number of barbiturate groups is 1. The van der Waals surface area contributed by atoms with Gasteiger partial charge in [0.15, 0.2) is 0 Å². The Kier molecular flexibility index (Phi) is 6.41. The van der Waals surface area contributed by atoms with Crippen molar-refractivity contribution in [1.29, 1.82) is 0 Å². The van der Waals surface area contributed by atoms with Crippen LogP contribution >= 0.6 is 0 Å². The maximum Gasteiger partial charge on any atom is 0.339 e. The highest BCUT2D eigenvalue weighted by atomic mass is 32.2. The van der Waals surface area contributed by atoms with Gasteiger partial charge in [0.2, 0.25) is 0 Å². The molecule has 182 valence electrons. The van der Waals surface area contributed by atoms with Gasteiger partial charge in [-0.1, -0.05) is 29.8 Å². The van der Waals surface area contributed by atoms with E-state index in [1.807, 2.05) is 6.92 Å². The molecule has 0 atom stereocenters. The first-order valence-corrected chi connectivity index (χ1v) is 11.8. The molecule has 0 unspecified atom stereocenters. The summed E-state index contributed by atoms with van der Waals surface area (Å²) in [6.45, 7) is 1.83. The summed E-state index contributed by atoms with van der Waals surface area (Å²) in [7, 11) is -4.05. The number of urea groups is 1. The summed E-state index contributed by atoms with van der Waals surface area (Å²) in [5.41, 5.74) is 0.945. The van der Waals surface area contributed by atoms with Gasteiger partial charge in [-0.25, -0.2) is 14.5 Å². The van der Waals surface area contributed by atoms with E-state index >= 15 is 0 Å². The second kappa shape index (κ2) is 9.47. The van der Waals surface area contributed by atoms with E-state index in [1.54, 1.807) is 12.1 Å². The Morgan fingerprint density at radius 3 is 2.11 bits per heavy atom. The molecular formula is C25H18N2O8S. The van der Waals surface area contributed by atoms with Crippen molar-refractivity contribution in [1.82, 2.24) is 5.32 Å². The number of benzene rings is 3. The summed E-state index contributed by atoms with van der Waals surface area (Å²) < 4.78 is 30.1. The Hall–Kier alpha value is -4.77. The first-order valence-electron chi connectivity index (χ1n) is 10.4. The average Bonchev–Trinajstić information content (AvgIpc) is 2.83. The zero-order chi connectivity index (χ0) is 26.0. The molecule has 36 heavy (non-hydrogen) atoms. The first-order chi connectivity index (χ1) is 17.0. The maximum atomic E-state index is 13.0. The van der Waals surface area contributed by atoms with Crippen molar-refractivity contribution >= 4 is 45.7 Å². The number of nitrogens with zero attached hydrogens (tertiary/aromatic N) is 1. The van der Waals surface area contributed by atoms with Crippen LogP contribution in [-0.4, -0.2) is 37.3 Å². The Bertz CT molecular complexity index is 1510. The van der Waals surface area contributed by atoms with Crippen molar-refractivity contribution in [2.75, 3.05) is 4.90 Å². The molecule has 0 aliphatic carbocycles. The molecule has 3 aromatic rings. The summed E-state index contributed by atoms with van der Waals surface area (Å²) in [6, 6.07) is 15.8. The van der Waals surface area contributed by atoms with E-state index in [0.29, 0.717) is 10.5 Å². The quantitative estimate of drug-likeness (QED) is 0.294. The van der Waals surface area contributed by atoms with Gasteiger partial charge in [-0.15, -0.1) is 0 Å². The van der Waals surface area contributed by atoms with Crippen molar-refractivity contribution < 1.29 is 36.9 Å². The third-order valence-electron chi connectivity index (χ3n) is 5.18. The molecule has 11 heteroatoms. The van der Waals surface area contributed by atoms with Gasteiger partial charge in [-0.05, 0) is 67.1 Å². The number of anilines is 1. The molecule has 4 rings (SSSR count). The van der Waals surface area contributed by atoms with Gasteiger partial charge in [-0.2, -0.15) is 8.42 Å². The van der Waals surface area contributed by atoms with Crippen LogP contribution in [0.2, 0.25) is 0 Å². The van der Waals surface area contributed by atoms with Gasteiger partial charge < -0.3 is 9.29 Å². The number of nitrogens with one attached hydrogen (secondary N) is 1. The summed E-state index contributed by atoms with van der Waals surface area (Å²) >= 11 is 0. The smallest absolute Gasteiger partial charge is 0.339 e. The molecule has 1 aliphatic heterocycles. The lowest BCUT2D eigenvalue weighted by Gasteiger charge is -2.26. The lowest BCUT2D eigenvalue weighted by atomic mass is 10.1. The summed E-state index contributed by atoms with van der Waals surface area (Å²) in [5.74, 6) is -2.97. The van der Waals surface area contributed by atoms with Gasteiger partial charge >= 0.3 is 22.1 Å². The molecule has 0 aromatic heterocycles. The monoisotopic (exact) mass is 506 g/mol. The van der Waals surface area contributed by atoms with Gasteiger partial charge in [-0.3, -0.25) is 14.9 Å². The van der Waals surface area contributed by atoms with Crippen molar-refractivity contribution in [2.45, 2.75) is 11.8 Å². The van der Waals surface area contributed by atoms with E-state index in [4.69, 9.17) is 9.29 Å². The average molecular weight is 506 g/mol. The molecule has 1 heterocycles. The lowest BCUT2D eigenvalue weighted by molar-refractivity contribution is -0.122. The van der Waals surface area contributed by atoms with Gasteiger partial charge in [0, 0.05) is 0 Å². The highest BCUT2D eigenvalue weighted by Gasteiger charge is 2.36. The number of rotatable bonds is 6. The number of carboxylic acid groups (broad SMARTS) is 1. The fourth-order valence-electron chi connectivity index (χ4n) is 3.31. The standard InChI is InChI=1S/C25H18N2O8S/c1-15-2-12-20(13-3-15)36(33,34)35-19-10-4-16(5-11-19)14-21-22(28)26-25(32)27(23(21)29)18-8-6-17(7-9-18)24(30)31/h2-14H,1H3,(H,30,31)(H,26,28,32)/b21-14+. The predicted molar refractivity (Wildman–Crippen MR) is 128 cm³/mol. The van der Waals surface area contributed by atoms with Crippen LogP contribution in [0.5, 0.6) is 5.75 Å². The van der Waals surface area contributed by atoms with E-state index in [-0.39, 0.29) is 27.5 Å². The molecule has 10 nitrogen and oxygen atoms in total. The van der Waals surface area contributed by atoms with Gasteiger partial charge in [0.1, 0.15) is 16.2 Å². The number of aromatic carboxylic acids is 1. The highest BCUT2D eigenvalue weighted by Crippen LogP contribution is 2.24. The Morgan fingerprint density at radius 1 is 0.917 bits per heavy atom. The third-order valence-corrected chi connectivity index (χ3v) is 6.44. The number of carboxylic acids is 1. The van der Waals surface area contributed by atoms with E-state index in [0.717, 1.165) is 5.56 Å². The van der Waals surface area contributed by atoms with Crippen LogP contribution in [0.25, 0.3) is 6.08 Å². The molecule has 1 saturated heterocycles. The third kappa shape index (κ3) is 5.00. The van der Waals surface area contributed by atoms with Crippen LogP contribution in [0.4, 0.5) is 10.5 Å². The number of carbonyl (C=O) groups excluding carboxylic acids is 3. The highest BCUT2D eigenvalue weighted by molar-refractivity contribution is 7.87. The fraction of sp³-hybridized carbons (Fsp3) is 0.0400. The topological polar surface area (TPSA) is 147 Å². The van der Waals surface area contributed by atoms with Crippen LogP contribution in [0.15, 0.2) is 83.3 Å². The van der Waals surface area contributed by atoms with E-state index < -0.39 is 33.9 Å². The minimum atomic E-state index is -4.05. The number of amides is 4. The number of imide groups is 2. The van der Waals surface area contributed by atoms with Crippen molar-refractivity contribution in [3.8, 4) is 5.75 Å². The lowest BCUT2D eigenvalue weighted by Crippen LogP contribution is -2.54. The Balaban J connectivity index is 1.56. The van der Waals surface area contributed by atoms with Crippen LogP contribution in [0, 0.1) is 6.92 Å². The molecule has 0 radical (unpaired) electrons. The zero-order valence-electron chi connectivity index (χ0n) is 18.7. The van der Waals surface area contributed by atoms with Crippen molar-refractivity contribution in [3.63, 3.8) is 0 Å². The van der Waals surface area contributed by atoms with Crippen molar-refractivity contribution in [3.05, 3.63) is 95.1 Å². The molecule has 4 amide bonds. The Morgan fingerprint density at radius 2 is 1.53 bits per heavy atom. The predicted octanol–water partition coefficient (Wildman–Crippen LogP) is 3.13. The summed E-state index contributed by atoms with van der Waals surface area (Å²) in [4.78, 5) is 49.4. The molecular weight excluding hydrogens is 488 g/mol. The van der Waals surface area contributed by atoms with Crippen molar-refractivity contribution in [2.24, 2.45) is 0 Å². The normalized spacial score (nSPS) is 15.1. The fourth-order valence-corrected chi connectivity index (χ4v) is 4.24. The molecule has 1 fully saturated rings. The molecule has 0 bridgehead atoms. The number of aryl methyl sites for hydroxylation is 1. The first kappa shape index (κ1) is 24.4. The second-order valence-corrected chi connectivity index (χ2v) is 9.28. The van der Waals surface area contributed by atoms with Crippen LogP contribution in [0.1, 0.15) is 21.5 Å². The molecule has 0 saturated carbocycles. The largest absolute Gasteiger partial charge is 0.478 e. The van der Waals surface area contributed by atoms with Crippen LogP contribution in [0.3, 0.4) is 0 Å². The van der Waals surface area contributed by atoms with E-state index in [1.165, 1.54) is 66.7 Å². The van der Waals surface area contributed by atoms with Gasteiger partial charge in [0.05, 0.1) is 11.3 Å². The number of carbonyl (C=O) groups is 4.